The van der Waals surface area contributed by atoms with Gasteiger partial charge in [0.2, 0.25) is 5.88 Å². The van der Waals surface area contributed by atoms with Crippen molar-refractivity contribution in [2.24, 2.45) is 0 Å². The molecule has 0 aromatic carbocycles. The van der Waals surface area contributed by atoms with Crippen LogP contribution < -0.4 is 5.73 Å². The molecule has 0 atom stereocenters. The molecule has 0 saturated carbocycles. The third kappa shape index (κ3) is 1.77. The van der Waals surface area contributed by atoms with E-state index in [4.69, 9.17) is 10.3 Å². The zero-order valence-corrected chi connectivity index (χ0v) is 9.89. The van der Waals surface area contributed by atoms with E-state index < -0.39 is 0 Å². The number of nitrogens with two attached hydrogens (primary N) is 1. The normalized spacial score (nSPS) is 11.2. The van der Waals surface area contributed by atoms with Crippen LogP contribution in [0, 0.1) is 6.92 Å². The van der Waals surface area contributed by atoms with Gasteiger partial charge in [0.1, 0.15) is 5.69 Å². The average molecular weight is 222 g/mol. The summed E-state index contributed by atoms with van der Waals surface area (Å²) in [6, 6.07) is 4.14. The fourth-order valence-corrected chi connectivity index (χ4v) is 2.47. The van der Waals surface area contributed by atoms with Crippen molar-refractivity contribution in [1.29, 1.82) is 0 Å². The number of aryl methyl sites for hydroxylation is 1. The van der Waals surface area contributed by atoms with Gasteiger partial charge in [0.15, 0.2) is 0 Å². The van der Waals surface area contributed by atoms with Crippen LogP contribution in [0.25, 0.3) is 10.6 Å². The van der Waals surface area contributed by atoms with E-state index in [0.29, 0.717) is 11.8 Å². The molecule has 15 heavy (non-hydrogen) atoms. The summed E-state index contributed by atoms with van der Waals surface area (Å²) < 4.78 is 5.06. The molecule has 0 aliphatic carbocycles. The fraction of sp³-hybridized carbons (Fsp3) is 0.364. The Bertz CT molecular complexity index is 471. The van der Waals surface area contributed by atoms with E-state index in [-0.39, 0.29) is 0 Å². The standard InChI is InChI=1S/C11H14N2OS/c1-6(2)9-10(13-14-11(9)12)8-5-4-7(3)15-8/h4-6H,12H2,1-3H3. The van der Waals surface area contributed by atoms with Gasteiger partial charge >= 0.3 is 0 Å². The highest BCUT2D eigenvalue weighted by atomic mass is 32.1. The lowest BCUT2D eigenvalue weighted by molar-refractivity contribution is 0.438. The number of hydrogen-bond donors (Lipinski definition) is 1. The van der Waals surface area contributed by atoms with Crippen LogP contribution in [-0.4, -0.2) is 5.16 Å². The maximum atomic E-state index is 5.76. The minimum absolute atomic E-state index is 0.327. The molecule has 4 heteroatoms. The fourth-order valence-electron chi connectivity index (χ4n) is 1.61. The van der Waals surface area contributed by atoms with Gasteiger partial charge in [-0.1, -0.05) is 19.0 Å². The summed E-state index contributed by atoms with van der Waals surface area (Å²) in [5.74, 6) is 0.764. The molecule has 0 aliphatic heterocycles. The number of thiophene rings is 1. The number of aromatic nitrogens is 1. The first kappa shape index (κ1) is 10.2. The molecule has 0 unspecified atom stereocenters. The topological polar surface area (TPSA) is 52.0 Å². The molecular formula is C11H14N2OS. The third-order valence-electron chi connectivity index (χ3n) is 2.31. The molecule has 0 bridgehead atoms. The predicted molar refractivity (Wildman–Crippen MR) is 63.1 cm³/mol. The smallest absolute Gasteiger partial charge is 0.226 e. The summed E-state index contributed by atoms with van der Waals surface area (Å²) in [4.78, 5) is 2.39. The minimum Gasteiger partial charge on any atom is -0.367 e. The first-order valence-electron chi connectivity index (χ1n) is 4.91. The molecule has 0 aliphatic rings. The number of rotatable bonds is 2. The Morgan fingerprint density at radius 1 is 1.40 bits per heavy atom. The first-order valence-corrected chi connectivity index (χ1v) is 5.73. The van der Waals surface area contributed by atoms with E-state index in [0.717, 1.165) is 16.1 Å². The molecule has 0 amide bonds. The van der Waals surface area contributed by atoms with Crippen molar-refractivity contribution in [1.82, 2.24) is 5.16 Å². The van der Waals surface area contributed by atoms with E-state index in [1.807, 2.05) is 0 Å². The summed E-state index contributed by atoms with van der Waals surface area (Å²) in [5.41, 5.74) is 7.66. The van der Waals surface area contributed by atoms with E-state index in [1.165, 1.54) is 4.88 Å². The van der Waals surface area contributed by atoms with Crippen LogP contribution >= 0.6 is 11.3 Å². The Balaban J connectivity index is 2.53. The molecular weight excluding hydrogens is 208 g/mol. The maximum Gasteiger partial charge on any atom is 0.226 e. The zero-order valence-electron chi connectivity index (χ0n) is 9.07. The van der Waals surface area contributed by atoms with Crippen LogP contribution in [0.2, 0.25) is 0 Å². The molecule has 80 valence electrons. The summed E-state index contributed by atoms with van der Waals surface area (Å²) in [5, 5.41) is 4.03. The SMILES string of the molecule is Cc1ccc(-c2noc(N)c2C(C)C)s1. The molecule has 0 fully saturated rings. The molecule has 3 nitrogen and oxygen atoms in total. The number of nitrogen functional groups attached to an aromatic ring is 1. The molecule has 2 rings (SSSR count). The van der Waals surface area contributed by atoms with E-state index in [2.05, 4.69) is 38.1 Å². The van der Waals surface area contributed by atoms with Gasteiger partial charge in [-0.25, -0.2) is 0 Å². The van der Waals surface area contributed by atoms with Crippen LogP contribution in [0.5, 0.6) is 0 Å². The highest BCUT2D eigenvalue weighted by Gasteiger charge is 2.19. The Morgan fingerprint density at radius 3 is 2.67 bits per heavy atom. The summed E-state index contributed by atoms with van der Waals surface area (Å²) in [6.07, 6.45) is 0. The highest BCUT2D eigenvalue weighted by Crippen LogP contribution is 2.36. The maximum absolute atomic E-state index is 5.76. The van der Waals surface area contributed by atoms with E-state index in [1.54, 1.807) is 11.3 Å². The minimum atomic E-state index is 0.327. The third-order valence-corrected chi connectivity index (χ3v) is 3.31. The lowest BCUT2D eigenvalue weighted by Gasteiger charge is -2.03. The van der Waals surface area contributed by atoms with Crippen LogP contribution in [0.15, 0.2) is 16.7 Å². The van der Waals surface area contributed by atoms with Gasteiger partial charge in [0.25, 0.3) is 0 Å². The summed E-state index contributed by atoms with van der Waals surface area (Å²) in [6.45, 7) is 6.26. The molecule has 0 spiro atoms. The predicted octanol–water partition coefficient (Wildman–Crippen LogP) is 3.42. The molecule has 2 aromatic heterocycles. The quantitative estimate of drug-likeness (QED) is 0.847. The van der Waals surface area contributed by atoms with Crippen molar-refractivity contribution >= 4 is 17.2 Å². The van der Waals surface area contributed by atoms with Crippen molar-refractivity contribution in [3.63, 3.8) is 0 Å². The van der Waals surface area contributed by atoms with Crippen molar-refractivity contribution in [3.8, 4) is 10.6 Å². The number of nitrogens with zero attached hydrogens (tertiary/aromatic N) is 1. The molecule has 2 aromatic rings. The molecule has 2 heterocycles. The lowest BCUT2D eigenvalue weighted by atomic mass is 10.0. The van der Waals surface area contributed by atoms with Gasteiger partial charge in [0, 0.05) is 10.4 Å². The monoisotopic (exact) mass is 222 g/mol. The largest absolute Gasteiger partial charge is 0.367 e. The Labute approximate surface area is 92.9 Å². The molecule has 0 radical (unpaired) electrons. The van der Waals surface area contributed by atoms with Crippen LogP contribution in [0.4, 0.5) is 5.88 Å². The van der Waals surface area contributed by atoms with Gasteiger partial charge in [-0.2, -0.15) is 0 Å². The van der Waals surface area contributed by atoms with Crippen molar-refractivity contribution in [3.05, 3.63) is 22.6 Å². The Morgan fingerprint density at radius 2 is 2.13 bits per heavy atom. The molecule has 0 saturated heterocycles. The second kappa shape index (κ2) is 3.70. The number of hydrogen-bond acceptors (Lipinski definition) is 4. The summed E-state index contributed by atoms with van der Waals surface area (Å²) >= 11 is 1.71. The van der Waals surface area contributed by atoms with Crippen LogP contribution in [-0.2, 0) is 0 Å². The van der Waals surface area contributed by atoms with Crippen LogP contribution in [0.3, 0.4) is 0 Å². The van der Waals surface area contributed by atoms with E-state index >= 15 is 0 Å². The first-order chi connectivity index (χ1) is 7.09. The summed E-state index contributed by atoms with van der Waals surface area (Å²) in [7, 11) is 0. The van der Waals surface area contributed by atoms with Gasteiger partial charge in [0.05, 0.1) is 4.88 Å². The van der Waals surface area contributed by atoms with Crippen LogP contribution in [0.1, 0.15) is 30.2 Å². The van der Waals surface area contributed by atoms with E-state index in [9.17, 15) is 0 Å². The Hall–Kier alpha value is -1.29. The van der Waals surface area contributed by atoms with Gasteiger partial charge < -0.3 is 10.3 Å². The second-order valence-electron chi connectivity index (χ2n) is 3.87. The van der Waals surface area contributed by atoms with Gasteiger partial charge in [-0.05, 0) is 25.0 Å². The van der Waals surface area contributed by atoms with Crippen molar-refractivity contribution in [2.45, 2.75) is 26.7 Å². The van der Waals surface area contributed by atoms with Gasteiger partial charge in [-0.15, -0.1) is 11.3 Å². The zero-order chi connectivity index (χ0) is 11.0. The molecule has 2 N–H and O–H groups in total. The highest BCUT2D eigenvalue weighted by molar-refractivity contribution is 7.15. The number of anilines is 1. The van der Waals surface area contributed by atoms with Crippen molar-refractivity contribution < 1.29 is 4.52 Å². The Kier molecular flexibility index (Phi) is 2.52. The average Bonchev–Trinajstić information content (AvgIpc) is 2.71. The lowest BCUT2D eigenvalue weighted by Crippen LogP contribution is -1.93. The second-order valence-corrected chi connectivity index (χ2v) is 5.16. The van der Waals surface area contributed by atoms with Gasteiger partial charge in [-0.3, -0.25) is 0 Å². The van der Waals surface area contributed by atoms with Crippen molar-refractivity contribution in [2.75, 3.05) is 5.73 Å².